The number of anilines is 1. The van der Waals surface area contributed by atoms with Crippen molar-refractivity contribution in [3.63, 3.8) is 0 Å². The van der Waals surface area contributed by atoms with Crippen LogP contribution in [0.2, 0.25) is 0 Å². The molecule has 152 valence electrons. The van der Waals surface area contributed by atoms with E-state index in [0.29, 0.717) is 28.5 Å². The van der Waals surface area contributed by atoms with E-state index in [1.807, 2.05) is 68.4 Å². The van der Waals surface area contributed by atoms with Crippen molar-refractivity contribution in [3.8, 4) is 11.5 Å². The number of ether oxygens (including phenoxy) is 2. The van der Waals surface area contributed by atoms with Crippen LogP contribution in [0.5, 0.6) is 11.5 Å². The lowest BCUT2D eigenvalue weighted by atomic mass is 10.0. The zero-order chi connectivity index (χ0) is 21.1. The average Bonchev–Trinajstić information content (AvgIpc) is 3.09. The number of benzene rings is 3. The number of hydrogen-bond donors (Lipinski definition) is 1. The summed E-state index contributed by atoms with van der Waals surface area (Å²) in [4.78, 5) is 13.1. The van der Waals surface area contributed by atoms with Gasteiger partial charge in [0.1, 0.15) is 23.9 Å². The number of carbonyl (C=O) groups is 1. The molecule has 0 unspecified atom stereocenters. The zero-order valence-corrected chi connectivity index (χ0v) is 17.1. The maximum Gasteiger partial charge on any atom is 0.259 e. The number of fused-ring (bicyclic) bond motifs is 1. The molecular weight excluding hydrogens is 380 g/mol. The minimum Gasteiger partial charge on any atom is -0.497 e. The molecule has 6 heteroatoms. The number of amides is 1. The van der Waals surface area contributed by atoms with E-state index in [2.05, 4.69) is 10.5 Å². The van der Waals surface area contributed by atoms with Gasteiger partial charge in [-0.3, -0.25) is 4.79 Å². The smallest absolute Gasteiger partial charge is 0.259 e. The number of nitrogens with zero attached hydrogens (tertiary/aromatic N) is 1. The van der Waals surface area contributed by atoms with E-state index in [9.17, 15) is 4.79 Å². The van der Waals surface area contributed by atoms with E-state index in [-0.39, 0.29) is 12.5 Å². The largest absolute Gasteiger partial charge is 0.497 e. The first-order chi connectivity index (χ1) is 14.5. The lowest BCUT2D eigenvalue weighted by Crippen LogP contribution is -2.14. The Morgan fingerprint density at radius 3 is 2.50 bits per heavy atom. The van der Waals surface area contributed by atoms with Crippen molar-refractivity contribution in [2.45, 2.75) is 20.5 Å². The van der Waals surface area contributed by atoms with Gasteiger partial charge in [-0.2, -0.15) is 0 Å². The van der Waals surface area contributed by atoms with E-state index in [0.717, 1.165) is 22.0 Å². The van der Waals surface area contributed by atoms with Crippen molar-refractivity contribution in [1.29, 1.82) is 0 Å². The Morgan fingerprint density at radius 1 is 1.03 bits per heavy atom. The van der Waals surface area contributed by atoms with E-state index < -0.39 is 0 Å². The van der Waals surface area contributed by atoms with Gasteiger partial charge in [-0.1, -0.05) is 35.5 Å². The number of aromatic nitrogens is 1. The molecule has 0 radical (unpaired) electrons. The minimum absolute atomic E-state index is 0.261. The van der Waals surface area contributed by atoms with Crippen LogP contribution < -0.4 is 14.8 Å². The summed E-state index contributed by atoms with van der Waals surface area (Å²) in [6.45, 7) is 3.97. The first-order valence-electron chi connectivity index (χ1n) is 9.58. The predicted molar refractivity (Wildman–Crippen MR) is 115 cm³/mol. The molecule has 30 heavy (non-hydrogen) atoms. The number of rotatable bonds is 6. The van der Waals surface area contributed by atoms with Crippen LogP contribution in [-0.2, 0) is 6.61 Å². The Labute approximate surface area is 174 Å². The van der Waals surface area contributed by atoms with Crippen LogP contribution >= 0.6 is 0 Å². The van der Waals surface area contributed by atoms with Crippen LogP contribution in [0.25, 0.3) is 10.8 Å². The molecular formula is C24H22N2O4. The highest BCUT2D eigenvalue weighted by molar-refractivity contribution is 6.08. The van der Waals surface area contributed by atoms with E-state index >= 15 is 0 Å². The summed E-state index contributed by atoms with van der Waals surface area (Å²) < 4.78 is 16.5. The normalized spacial score (nSPS) is 10.8. The number of nitrogens with one attached hydrogen (secondary N) is 1. The molecule has 3 aromatic carbocycles. The fraction of sp³-hybridized carbons (Fsp3) is 0.167. The minimum atomic E-state index is -0.261. The number of aryl methyl sites for hydroxylation is 2. The summed E-state index contributed by atoms with van der Waals surface area (Å²) in [7, 11) is 1.59. The molecule has 1 amide bonds. The second kappa shape index (κ2) is 8.29. The fourth-order valence-corrected chi connectivity index (χ4v) is 3.27. The number of carbonyl (C=O) groups excluding carboxylic acids is 1. The SMILES string of the molecule is COc1cccc(NC(=O)c2cc3ccccc3cc2OCc2c(C)noc2C)c1. The summed E-state index contributed by atoms with van der Waals surface area (Å²) >= 11 is 0. The van der Waals surface area contributed by atoms with Gasteiger partial charge in [0.2, 0.25) is 0 Å². The van der Waals surface area contributed by atoms with Crippen molar-refractivity contribution in [2.75, 3.05) is 12.4 Å². The molecule has 1 N–H and O–H groups in total. The molecule has 0 atom stereocenters. The monoisotopic (exact) mass is 402 g/mol. The topological polar surface area (TPSA) is 73.6 Å². The van der Waals surface area contributed by atoms with Gasteiger partial charge in [-0.25, -0.2) is 0 Å². The van der Waals surface area contributed by atoms with Gasteiger partial charge in [-0.05, 0) is 48.9 Å². The van der Waals surface area contributed by atoms with Gasteiger partial charge >= 0.3 is 0 Å². The summed E-state index contributed by atoms with van der Waals surface area (Å²) in [6, 6.07) is 18.8. The lowest BCUT2D eigenvalue weighted by Gasteiger charge is -2.14. The fourth-order valence-electron chi connectivity index (χ4n) is 3.27. The second-order valence-electron chi connectivity index (χ2n) is 6.97. The number of hydrogen-bond acceptors (Lipinski definition) is 5. The molecule has 1 aromatic heterocycles. The highest BCUT2D eigenvalue weighted by Gasteiger charge is 2.17. The Balaban J connectivity index is 1.67. The molecule has 1 heterocycles. The van der Waals surface area contributed by atoms with Crippen LogP contribution in [-0.4, -0.2) is 18.2 Å². The third kappa shape index (κ3) is 3.98. The molecule has 0 aliphatic rings. The van der Waals surface area contributed by atoms with E-state index in [1.54, 1.807) is 13.2 Å². The quantitative estimate of drug-likeness (QED) is 0.475. The molecule has 0 aliphatic heterocycles. The summed E-state index contributed by atoms with van der Waals surface area (Å²) in [5, 5.41) is 8.83. The van der Waals surface area contributed by atoms with Crippen LogP contribution in [0.1, 0.15) is 27.4 Å². The van der Waals surface area contributed by atoms with Crippen molar-refractivity contribution in [2.24, 2.45) is 0 Å². The molecule has 0 fully saturated rings. The molecule has 0 aliphatic carbocycles. The molecule has 0 saturated heterocycles. The Kier molecular flexibility index (Phi) is 5.39. The first kappa shape index (κ1) is 19.5. The van der Waals surface area contributed by atoms with Crippen molar-refractivity contribution in [3.05, 3.63) is 83.2 Å². The lowest BCUT2D eigenvalue weighted by molar-refractivity contribution is 0.102. The van der Waals surface area contributed by atoms with Gasteiger partial charge < -0.3 is 19.3 Å². The third-order valence-corrected chi connectivity index (χ3v) is 4.97. The second-order valence-corrected chi connectivity index (χ2v) is 6.97. The Morgan fingerprint density at radius 2 is 1.80 bits per heavy atom. The maximum atomic E-state index is 13.1. The summed E-state index contributed by atoms with van der Waals surface area (Å²) in [5.74, 6) is 1.61. The van der Waals surface area contributed by atoms with Crippen molar-refractivity contribution < 1.29 is 18.8 Å². The van der Waals surface area contributed by atoms with Gasteiger partial charge in [0, 0.05) is 11.8 Å². The summed E-state index contributed by atoms with van der Waals surface area (Å²) in [5.41, 5.74) is 2.74. The molecule has 0 saturated carbocycles. The van der Waals surface area contributed by atoms with Crippen LogP contribution in [0, 0.1) is 13.8 Å². The van der Waals surface area contributed by atoms with Crippen LogP contribution in [0.3, 0.4) is 0 Å². The standard InChI is InChI=1S/C24H22N2O4/c1-15-22(16(2)30-26-15)14-29-23-12-18-8-5-4-7-17(18)11-21(23)24(27)25-19-9-6-10-20(13-19)28-3/h4-13H,14H2,1-3H3,(H,25,27). The third-order valence-electron chi connectivity index (χ3n) is 4.97. The average molecular weight is 402 g/mol. The van der Waals surface area contributed by atoms with Gasteiger partial charge in [0.15, 0.2) is 0 Å². The Bertz CT molecular complexity index is 1190. The van der Waals surface area contributed by atoms with Crippen molar-refractivity contribution >= 4 is 22.4 Å². The van der Waals surface area contributed by atoms with E-state index in [4.69, 9.17) is 14.0 Å². The summed E-state index contributed by atoms with van der Waals surface area (Å²) in [6.07, 6.45) is 0. The highest BCUT2D eigenvalue weighted by Crippen LogP contribution is 2.29. The number of methoxy groups -OCH3 is 1. The highest BCUT2D eigenvalue weighted by atomic mass is 16.5. The molecule has 6 nitrogen and oxygen atoms in total. The van der Waals surface area contributed by atoms with Gasteiger partial charge in [0.25, 0.3) is 5.91 Å². The maximum absolute atomic E-state index is 13.1. The Hall–Kier alpha value is -3.80. The first-order valence-corrected chi connectivity index (χ1v) is 9.58. The molecule has 4 rings (SSSR count). The van der Waals surface area contributed by atoms with Gasteiger partial charge in [-0.15, -0.1) is 0 Å². The van der Waals surface area contributed by atoms with Crippen LogP contribution in [0.15, 0.2) is 65.2 Å². The van der Waals surface area contributed by atoms with E-state index in [1.165, 1.54) is 0 Å². The van der Waals surface area contributed by atoms with Gasteiger partial charge in [0.05, 0.1) is 23.9 Å². The predicted octanol–water partition coefficient (Wildman–Crippen LogP) is 5.28. The molecule has 4 aromatic rings. The van der Waals surface area contributed by atoms with Crippen LogP contribution in [0.4, 0.5) is 5.69 Å². The zero-order valence-electron chi connectivity index (χ0n) is 17.1. The van der Waals surface area contributed by atoms with Crippen molar-refractivity contribution in [1.82, 2.24) is 5.16 Å². The molecule has 0 bridgehead atoms. The molecule has 0 spiro atoms.